The molecule has 0 saturated carbocycles. The second kappa shape index (κ2) is 5.17. The SMILES string of the molecule is O=C(O)[C@H]1CCCN1Cc1cc(F)cc2cccnc12. The van der Waals surface area contributed by atoms with Gasteiger partial charge in [0.2, 0.25) is 0 Å². The van der Waals surface area contributed by atoms with Gasteiger partial charge in [0.05, 0.1) is 5.52 Å². The Morgan fingerprint density at radius 2 is 2.35 bits per heavy atom. The summed E-state index contributed by atoms with van der Waals surface area (Å²) in [7, 11) is 0. The van der Waals surface area contributed by atoms with E-state index in [4.69, 9.17) is 0 Å². The first-order valence-corrected chi connectivity index (χ1v) is 6.65. The van der Waals surface area contributed by atoms with Crippen molar-refractivity contribution >= 4 is 16.9 Å². The van der Waals surface area contributed by atoms with Gasteiger partial charge in [0.15, 0.2) is 0 Å². The van der Waals surface area contributed by atoms with Crippen molar-refractivity contribution in [3.05, 3.63) is 41.8 Å². The molecule has 0 amide bonds. The van der Waals surface area contributed by atoms with Gasteiger partial charge in [-0.05, 0) is 43.1 Å². The number of fused-ring (bicyclic) bond motifs is 1. The molecule has 1 N–H and O–H groups in total. The van der Waals surface area contributed by atoms with E-state index in [1.807, 2.05) is 11.0 Å². The van der Waals surface area contributed by atoms with Crippen molar-refractivity contribution in [2.24, 2.45) is 0 Å². The molecular weight excluding hydrogens is 259 g/mol. The molecule has 5 heteroatoms. The number of carboxylic acid groups (broad SMARTS) is 1. The molecule has 1 aromatic carbocycles. The van der Waals surface area contributed by atoms with Crippen LogP contribution in [0.4, 0.5) is 4.39 Å². The van der Waals surface area contributed by atoms with Gasteiger partial charge >= 0.3 is 5.97 Å². The summed E-state index contributed by atoms with van der Waals surface area (Å²) in [5, 5.41) is 9.94. The van der Waals surface area contributed by atoms with E-state index in [-0.39, 0.29) is 5.82 Å². The minimum Gasteiger partial charge on any atom is -0.480 e. The number of pyridine rings is 1. The van der Waals surface area contributed by atoms with Crippen molar-refractivity contribution in [3.63, 3.8) is 0 Å². The summed E-state index contributed by atoms with van der Waals surface area (Å²) in [4.78, 5) is 17.4. The van der Waals surface area contributed by atoms with Crippen LogP contribution < -0.4 is 0 Å². The van der Waals surface area contributed by atoms with Crippen LogP contribution in [0.15, 0.2) is 30.5 Å². The summed E-state index contributed by atoms with van der Waals surface area (Å²) in [6.45, 7) is 1.14. The van der Waals surface area contributed by atoms with Gasteiger partial charge in [0.1, 0.15) is 11.9 Å². The average molecular weight is 274 g/mol. The van der Waals surface area contributed by atoms with E-state index in [2.05, 4.69) is 4.98 Å². The third kappa shape index (κ3) is 2.36. The fraction of sp³-hybridized carbons (Fsp3) is 0.333. The molecule has 4 nitrogen and oxygen atoms in total. The lowest BCUT2D eigenvalue weighted by atomic mass is 10.1. The van der Waals surface area contributed by atoms with Crippen LogP contribution >= 0.6 is 0 Å². The highest BCUT2D eigenvalue weighted by Gasteiger charge is 2.30. The van der Waals surface area contributed by atoms with Gasteiger partial charge in [-0.2, -0.15) is 0 Å². The Morgan fingerprint density at radius 1 is 1.50 bits per heavy atom. The normalized spacial score (nSPS) is 19.6. The van der Waals surface area contributed by atoms with Gasteiger partial charge in [-0.3, -0.25) is 14.7 Å². The molecular formula is C15H15FN2O2. The van der Waals surface area contributed by atoms with E-state index in [9.17, 15) is 14.3 Å². The number of likely N-dealkylation sites (tertiary alicyclic amines) is 1. The summed E-state index contributed by atoms with van der Waals surface area (Å²) in [5.41, 5.74) is 1.48. The zero-order chi connectivity index (χ0) is 14.1. The fourth-order valence-electron chi connectivity index (χ4n) is 2.86. The second-order valence-electron chi connectivity index (χ2n) is 5.11. The van der Waals surface area contributed by atoms with E-state index >= 15 is 0 Å². The summed E-state index contributed by atoms with van der Waals surface area (Å²) in [5.74, 6) is -1.12. The van der Waals surface area contributed by atoms with Crippen LogP contribution in [0.3, 0.4) is 0 Å². The molecule has 1 aliphatic rings. The first kappa shape index (κ1) is 13.0. The van der Waals surface area contributed by atoms with E-state index < -0.39 is 12.0 Å². The minimum absolute atomic E-state index is 0.313. The zero-order valence-electron chi connectivity index (χ0n) is 10.9. The Labute approximate surface area is 115 Å². The highest BCUT2D eigenvalue weighted by Crippen LogP contribution is 2.24. The number of aromatic nitrogens is 1. The molecule has 1 aliphatic heterocycles. The summed E-state index contributed by atoms with van der Waals surface area (Å²) in [6, 6.07) is 6.00. The molecule has 2 aromatic rings. The topological polar surface area (TPSA) is 53.4 Å². The molecule has 0 radical (unpaired) electrons. The van der Waals surface area contributed by atoms with E-state index in [0.717, 1.165) is 29.4 Å². The van der Waals surface area contributed by atoms with Crippen molar-refractivity contribution in [1.29, 1.82) is 0 Å². The number of rotatable bonds is 3. The van der Waals surface area contributed by atoms with Gasteiger partial charge in [-0.25, -0.2) is 4.39 Å². The number of hydrogen-bond donors (Lipinski definition) is 1. The maximum atomic E-state index is 13.7. The lowest BCUT2D eigenvalue weighted by Crippen LogP contribution is -2.35. The number of aliphatic carboxylic acids is 1. The van der Waals surface area contributed by atoms with Crippen LogP contribution in [0.5, 0.6) is 0 Å². The number of nitrogens with zero attached hydrogens (tertiary/aromatic N) is 2. The van der Waals surface area contributed by atoms with Crippen LogP contribution in [-0.4, -0.2) is 33.5 Å². The molecule has 1 aromatic heterocycles. The molecule has 104 valence electrons. The fourth-order valence-corrected chi connectivity index (χ4v) is 2.86. The average Bonchev–Trinajstić information content (AvgIpc) is 2.87. The van der Waals surface area contributed by atoms with Crippen molar-refractivity contribution < 1.29 is 14.3 Å². The molecule has 1 fully saturated rings. The predicted octanol–water partition coefficient (Wildman–Crippen LogP) is 2.42. The molecule has 0 bridgehead atoms. The number of benzene rings is 1. The van der Waals surface area contributed by atoms with E-state index in [0.29, 0.717) is 13.0 Å². The van der Waals surface area contributed by atoms with Crippen molar-refractivity contribution in [2.45, 2.75) is 25.4 Å². The van der Waals surface area contributed by atoms with Crippen molar-refractivity contribution in [1.82, 2.24) is 9.88 Å². The molecule has 1 atom stereocenters. The number of carboxylic acids is 1. The van der Waals surface area contributed by atoms with Gasteiger partial charge < -0.3 is 5.11 Å². The first-order valence-electron chi connectivity index (χ1n) is 6.65. The minimum atomic E-state index is -0.809. The second-order valence-corrected chi connectivity index (χ2v) is 5.11. The van der Waals surface area contributed by atoms with Crippen molar-refractivity contribution in [2.75, 3.05) is 6.54 Å². The third-order valence-electron chi connectivity index (χ3n) is 3.77. The maximum absolute atomic E-state index is 13.7. The highest BCUT2D eigenvalue weighted by molar-refractivity contribution is 5.81. The first-order chi connectivity index (χ1) is 9.65. The number of halogens is 1. The van der Waals surface area contributed by atoms with E-state index in [1.165, 1.54) is 12.1 Å². The van der Waals surface area contributed by atoms with Gasteiger partial charge in [-0.1, -0.05) is 6.07 Å². The Bertz CT molecular complexity index is 659. The predicted molar refractivity (Wildman–Crippen MR) is 72.8 cm³/mol. The Balaban J connectivity index is 1.96. The molecule has 2 heterocycles. The van der Waals surface area contributed by atoms with Crippen LogP contribution in [0.1, 0.15) is 18.4 Å². The molecule has 3 rings (SSSR count). The Morgan fingerprint density at radius 3 is 3.15 bits per heavy atom. The van der Waals surface area contributed by atoms with Crippen molar-refractivity contribution in [3.8, 4) is 0 Å². The maximum Gasteiger partial charge on any atom is 0.320 e. The molecule has 0 unspecified atom stereocenters. The number of hydrogen-bond acceptors (Lipinski definition) is 3. The van der Waals surface area contributed by atoms with Crippen LogP contribution in [0.25, 0.3) is 10.9 Å². The lowest BCUT2D eigenvalue weighted by Gasteiger charge is -2.21. The molecule has 1 saturated heterocycles. The third-order valence-corrected chi connectivity index (χ3v) is 3.77. The molecule has 0 spiro atoms. The quantitative estimate of drug-likeness (QED) is 0.934. The van der Waals surface area contributed by atoms with Gasteiger partial charge in [0.25, 0.3) is 0 Å². The van der Waals surface area contributed by atoms with Crippen LogP contribution in [-0.2, 0) is 11.3 Å². The molecule has 0 aliphatic carbocycles. The van der Waals surface area contributed by atoms with Crippen LogP contribution in [0, 0.1) is 5.82 Å². The van der Waals surface area contributed by atoms with Gasteiger partial charge in [0, 0.05) is 18.1 Å². The summed E-state index contributed by atoms with van der Waals surface area (Å²) >= 11 is 0. The highest BCUT2D eigenvalue weighted by atomic mass is 19.1. The molecule has 20 heavy (non-hydrogen) atoms. The standard InChI is InChI=1S/C15H15FN2O2/c16-12-7-10-3-1-5-17-14(10)11(8-12)9-18-6-2-4-13(18)15(19)20/h1,3,5,7-8,13H,2,4,6,9H2,(H,19,20)/t13-/m1/s1. The summed E-state index contributed by atoms with van der Waals surface area (Å²) in [6.07, 6.45) is 3.18. The lowest BCUT2D eigenvalue weighted by molar-refractivity contribution is -0.142. The zero-order valence-corrected chi connectivity index (χ0v) is 10.9. The van der Waals surface area contributed by atoms with E-state index in [1.54, 1.807) is 12.3 Å². The number of carbonyl (C=O) groups is 1. The smallest absolute Gasteiger partial charge is 0.320 e. The Hall–Kier alpha value is -2.01. The summed E-state index contributed by atoms with van der Waals surface area (Å²) < 4.78 is 13.7. The van der Waals surface area contributed by atoms with Crippen LogP contribution in [0.2, 0.25) is 0 Å². The van der Waals surface area contributed by atoms with Gasteiger partial charge in [-0.15, -0.1) is 0 Å². The monoisotopic (exact) mass is 274 g/mol. The Kier molecular flexibility index (Phi) is 3.36. The largest absolute Gasteiger partial charge is 0.480 e.